The van der Waals surface area contributed by atoms with Crippen molar-refractivity contribution in [1.29, 1.82) is 0 Å². The van der Waals surface area contributed by atoms with E-state index >= 15 is 8.78 Å². The quantitative estimate of drug-likeness (QED) is 0.335. The van der Waals surface area contributed by atoms with Crippen molar-refractivity contribution in [3.8, 4) is 0 Å². The van der Waals surface area contributed by atoms with E-state index in [-0.39, 0.29) is 35.0 Å². The van der Waals surface area contributed by atoms with Crippen molar-refractivity contribution in [3.63, 3.8) is 0 Å². The minimum Gasteiger partial charge on any atom is -0.444 e. The Morgan fingerprint density at radius 3 is 2.38 bits per heavy atom. The number of rotatable bonds is 7. The van der Waals surface area contributed by atoms with Gasteiger partial charge in [0.25, 0.3) is 5.91 Å². The van der Waals surface area contributed by atoms with Crippen molar-refractivity contribution in [2.45, 2.75) is 64.1 Å². The van der Waals surface area contributed by atoms with E-state index < -0.39 is 29.2 Å². The van der Waals surface area contributed by atoms with Crippen LogP contribution >= 0.6 is 0 Å². The SMILES string of the molecule is CN(C)c1nn(C)c2c(F)cc(Nc3nc(N[C@@H]4CCCC[C@@H]4NC(=O)OC(C)(C)C)c(F)cc3C(N)=O)cc12. The predicted molar refractivity (Wildman–Crippen MR) is 150 cm³/mol. The molecule has 0 bridgehead atoms. The first-order valence-electron chi connectivity index (χ1n) is 13.1. The minimum absolute atomic E-state index is 0.0436. The molecule has 3 aromatic rings. The zero-order valence-corrected chi connectivity index (χ0v) is 23.6. The molecule has 2 aromatic heterocycles. The van der Waals surface area contributed by atoms with E-state index in [0.717, 1.165) is 18.9 Å². The number of fused-ring (bicyclic) bond motifs is 1. The molecule has 0 spiro atoms. The molecule has 216 valence electrons. The molecule has 1 saturated carbocycles. The number of amides is 2. The second kappa shape index (κ2) is 11.1. The van der Waals surface area contributed by atoms with Crippen LogP contribution < -0.4 is 26.6 Å². The molecule has 0 saturated heterocycles. The Morgan fingerprint density at radius 1 is 1.07 bits per heavy atom. The van der Waals surface area contributed by atoms with Gasteiger partial charge in [-0.3, -0.25) is 9.48 Å². The van der Waals surface area contributed by atoms with Crippen LogP contribution in [0.1, 0.15) is 56.8 Å². The third-order valence-corrected chi connectivity index (χ3v) is 6.59. The van der Waals surface area contributed by atoms with Crippen LogP contribution in [0, 0.1) is 11.6 Å². The average Bonchev–Trinajstić information content (AvgIpc) is 3.17. The van der Waals surface area contributed by atoms with Gasteiger partial charge in [-0.05, 0) is 51.8 Å². The Hall–Kier alpha value is -4.16. The number of anilines is 4. The van der Waals surface area contributed by atoms with Crippen LogP contribution in [0.15, 0.2) is 18.2 Å². The monoisotopic (exact) mass is 558 g/mol. The van der Waals surface area contributed by atoms with Gasteiger partial charge in [0.1, 0.15) is 16.9 Å². The molecule has 0 radical (unpaired) electrons. The molecular weight excluding hydrogens is 522 g/mol. The highest BCUT2D eigenvalue weighted by atomic mass is 19.1. The normalized spacial score (nSPS) is 17.4. The van der Waals surface area contributed by atoms with Crippen LogP contribution in [-0.2, 0) is 11.8 Å². The number of ether oxygens (including phenoxy) is 1. The van der Waals surface area contributed by atoms with Crippen molar-refractivity contribution in [3.05, 3.63) is 35.4 Å². The number of halogens is 2. The summed E-state index contributed by atoms with van der Waals surface area (Å²) in [5, 5.41) is 13.8. The predicted octanol–water partition coefficient (Wildman–Crippen LogP) is 4.40. The molecule has 11 nitrogen and oxygen atoms in total. The zero-order valence-electron chi connectivity index (χ0n) is 23.6. The second-order valence-electron chi connectivity index (χ2n) is 11.2. The maximum atomic E-state index is 15.2. The van der Waals surface area contributed by atoms with Gasteiger partial charge in [-0.15, -0.1) is 0 Å². The summed E-state index contributed by atoms with van der Waals surface area (Å²) in [4.78, 5) is 30.7. The molecule has 1 aliphatic rings. The molecule has 1 aromatic carbocycles. The highest BCUT2D eigenvalue weighted by Gasteiger charge is 2.30. The van der Waals surface area contributed by atoms with Crippen molar-refractivity contribution in [2.24, 2.45) is 12.8 Å². The molecule has 2 atom stereocenters. The molecule has 5 N–H and O–H groups in total. The highest BCUT2D eigenvalue weighted by Crippen LogP contribution is 2.32. The lowest BCUT2D eigenvalue weighted by molar-refractivity contribution is 0.0488. The number of nitrogens with zero attached hydrogens (tertiary/aromatic N) is 4. The number of benzene rings is 1. The molecule has 13 heteroatoms. The number of aromatic nitrogens is 3. The average molecular weight is 559 g/mol. The smallest absolute Gasteiger partial charge is 0.407 e. The van der Waals surface area contributed by atoms with Gasteiger partial charge in [0.15, 0.2) is 23.3 Å². The van der Waals surface area contributed by atoms with Crippen LogP contribution in [0.3, 0.4) is 0 Å². The highest BCUT2D eigenvalue weighted by molar-refractivity contribution is 5.99. The third kappa shape index (κ3) is 6.35. The summed E-state index contributed by atoms with van der Waals surface area (Å²) in [6.45, 7) is 5.32. The molecule has 0 aliphatic heterocycles. The molecule has 1 fully saturated rings. The van der Waals surface area contributed by atoms with Crippen LogP contribution in [0.4, 0.5) is 36.7 Å². The first-order chi connectivity index (χ1) is 18.7. The maximum Gasteiger partial charge on any atom is 0.407 e. The summed E-state index contributed by atoms with van der Waals surface area (Å²) in [6.07, 6.45) is 2.52. The number of aryl methyl sites for hydroxylation is 1. The van der Waals surface area contributed by atoms with Crippen molar-refractivity contribution >= 4 is 46.0 Å². The van der Waals surface area contributed by atoms with Gasteiger partial charge in [0, 0.05) is 38.3 Å². The fourth-order valence-electron chi connectivity index (χ4n) is 4.87. The standard InChI is InChI=1S/C27H36F2N8O3/c1-27(2,3)40-26(39)33-20-10-8-7-9-19(20)32-24-18(29)13-16(22(30)38)23(34-24)31-14-11-15-21(17(28)12-14)37(6)35-25(15)36(4)5/h11-13,19-20H,7-10H2,1-6H3,(H2,30,38)(H,33,39)(H2,31,32,34)/t19-,20+/m1/s1. The summed E-state index contributed by atoms with van der Waals surface area (Å²) in [5.41, 5.74) is 5.24. The molecular formula is C27H36F2N8O3. The zero-order chi connectivity index (χ0) is 29.4. The van der Waals surface area contributed by atoms with E-state index in [1.165, 1.54) is 10.7 Å². The Balaban J connectivity index is 1.65. The van der Waals surface area contributed by atoms with Gasteiger partial charge in [-0.1, -0.05) is 12.8 Å². The lowest BCUT2D eigenvalue weighted by atomic mass is 9.90. The number of nitrogens with one attached hydrogen (secondary N) is 3. The fraction of sp³-hybridized carbons (Fsp3) is 0.481. The van der Waals surface area contributed by atoms with Crippen molar-refractivity contribution in [2.75, 3.05) is 29.6 Å². The number of pyridine rings is 1. The van der Waals surface area contributed by atoms with Gasteiger partial charge in [-0.25, -0.2) is 18.6 Å². The number of carbonyl (C=O) groups is 2. The molecule has 1 aliphatic carbocycles. The lowest BCUT2D eigenvalue weighted by Crippen LogP contribution is -2.50. The number of hydrogen-bond donors (Lipinski definition) is 4. The number of nitrogens with two attached hydrogens (primary N) is 1. The van der Waals surface area contributed by atoms with E-state index in [0.29, 0.717) is 29.6 Å². The Morgan fingerprint density at radius 2 is 1.75 bits per heavy atom. The molecule has 2 heterocycles. The summed E-state index contributed by atoms with van der Waals surface area (Å²) in [6, 6.07) is 3.23. The number of alkyl carbamates (subject to hydrolysis) is 1. The Kier molecular flexibility index (Phi) is 8.03. The van der Waals surface area contributed by atoms with Gasteiger partial charge >= 0.3 is 6.09 Å². The topological polar surface area (TPSA) is 139 Å². The number of primary amides is 1. The largest absolute Gasteiger partial charge is 0.444 e. The van der Waals surface area contributed by atoms with Gasteiger partial charge < -0.3 is 31.3 Å². The van der Waals surface area contributed by atoms with Crippen LogP contribution in [0.2, 0.25) is 0 Å². The van der Waals surface area contributed by atoms with E-state index in [9.17, 15) is 9.59 Å². The first kappa shape index (κ1) is 28.8. The van der Waals surface area contributed by atoms with Crippen molar-refractivity contribution < 1.29 is 23.1 Å². The van der Waals surface area contributed by atoms with E-state index in [1.807, 2.05) is 0 Å². The summed E-state index contributed by atoms with van der Waals surface area (Å²) in [5.74, 6) is -1.86. The van der Waals surface area contributed by atoms with Gasteiger partial charge in [0.2, 0.25) is 0 Å². The number of carbonyl (C=O) groups excluding carboxylic acids is 2. The number of hydrogen-bond acceptors (Lipinski definition) is 8. The lowest BCUT2D eigenvalue weighted by Gasteiger charge is -2.34. The van der Waals surface area contributed by atoms with E-state index in [1.54, 1.807) is 52.9 Å². The molecule has 40 heavy (non-hydrogen) atoms. The van der Waals surface area contributed by atoms with Crippen molar-refractivity contribution in [1.82, 2.24) is 20.1 Å². The summed E-state index contributed by atoms with van der Waals surface area (Å²) in [7, 11) is 5.23. The van der Waals surface area contributed by atoms with Gasteiger partial charge in [-0.2, -0.15) is 5.10 Å². The molecule has 4 rings (SSSR count). The fourth-order valence-corrected chi connectivity index (χ4v) is 4.87. The van der Waals surface area contributed by atoms with E-state index in [4.69, 9.17) is 10.5 Å². The van der Waals surface area contributed by atoms with Crippen LogP contribution in [0.25, 0.3) is 10.9 Å². The Bertz CT molecular complexity index is 1430. The van der Waals surface area contributed by atoms with Gasteiger partial charge in [0.05, 0.1) is 11.6 Å². The molecule has 0 unspecified atom stereocenters. The van der Waals surface area contributed by atoms with Crippen LogP contribution in [0.5, 0.6) is 0 Å². The summed E-state index contributed by atoms with van der Waals surface area (Å²) >= 11 is 0. The maximum absolute atomic E-state index is 15.2. The first-order valence-corrected chi connectivity index (χ1v) is 13.1. The second-order valence-corrected chi connectivity index (χ2v) is 11.2. The van der Waals surface area contributed by atoms with Crippen LogP contribution in [-0.4, -0.2) is 58.5 Å². The Labute approximate surface area is 231 Å². The minimum atomic E-state index is -0.903. The molecule has 2 amide bonds. The van der Waals surface area contributed by atoms with E-state index in [2.05, 4.69) is 26.0 Å². The third-order valence-electron chi connectivity index (χ3n) is 6.59. The summed E-state index contributed by atoms with van der Waals surface area (Å²) < 4.78 is 37.1.